The lowest BCUT2D eigenvalue weighted by atomic mass is 10.1. The molecule has 0 spiro atoms. The quantitative estimate of drug-likeness (QED) is 0.576. The van der Waals surface area contributed by atoms with Crippen molar-refractivity contribution in [3.8, 4) is 5.75 Å². The van der Waals surface area contributed by atoms with Crippen molar-refractivity contribution in [3.63, 3.8) is 0 Å². The number of hydrogen-bond acceptors (Lipinski definition) is 6. The number of likely N-dealkylation sites (tertiary alicyclic amines) is 1. The van der Waals surface area contributed by atoms with Gasteiger partial charge in [-0.25, -0.2) is 13.1 Å². The Bertz CT molecular complexity index is 931. The van der Waals surface area contributed by atoms with Crippen molar-refractivity contribution in [1.29, 1.82) is 0 Å². The van der Waals surface area contributed by atoms with Gasteiger partial charge in [-0.2, -0.15) is 0 Å². The highest BCUT2D eigenvalue weighted by Gasteiger charge is 2.24. The largest absolute Gasteiger partial charge is 0.490 e. The van der Waals surface area contributed by atoms with Gasteiger partial charge in [-0.3, -0.25) is 0 Å². The zero-order valence-corrected chi connectivity index (χ0v) is 19.3. The Morgan fingerprint density at radius 1 is 1.17 bits per heavy atom. The number of benzene rings is 1. The molecular formula is C18H21Cl3N2O4S2. The molecule has 1 aliphatic heterocycles. The van der Waals surface area contributed by atoms with Gasteiger partial charge in [-0.05, 0) is 37.1 Å². The number of thiophene rings is 1. The van der Waals surface area contributed by atoms with Gasteiger partial charge >= 0.3 is 0 Å². The zero-order valence-electron chi connectivity index (χ0n) is 15.4. The van der Waals surface area contributed by atoms with Crippen LogP contribution in [0, 0.1) is 0 Å². The van der Waals surface area contributed by atoms with E-state index in [2.05, 4.69) is 9.62 Å². The molecule has 160 valence electrons. The Labute approximate surface area is 189 Å². The summed E-state index contributed by atoms with van der Waals surface area (Å²) in [6.07, 6.45) is 0.842. The summed E-state index contributed by atoms with van der Waals surface area (Å²) >= 11 is 18.7. The van der Waals surface area contributed by atoms with Crippen LogP contribution in [-0.4, -0.2) is 56.8 Å². The van der Waals surface area contributed by atoms with Gasteiger partial charge in [-0.1, -0.05) is 34.8 Å². The highest BCUT2D eigenvalue weighted by molar-refractivity contribution is 7.91. The topological polar surface area (TPSA) is 78.9 Å². The molecular weight excluding hydrogens is 479 g/mol. The number of nitrogens with one attached hydrogen (secondary N) is 1. The van der Waals surface area contributed by atoms with Crippen LogP contribution in [0.1, 0.15) is 12.8 Å². The van der Waals surface area contributed by atoms with E-state index in [1.807, 2.05) is 0 Å². The number of hydrogen-bond donors (Lipinski definition) is 2. The van der Waals surface area contributed by atoms with E-state index in [-0.39, 0.29) is 16.9 Å². The average molecular weight is 500 g/mol. The second kappa shape index (κ2) is 10.2. The van der Waals surface area contributed by atoms with Gasteiger partial charge in [0.05, 0.1) is 20.5 Å². The SMILES string of the molecule is O=S(=O)(NC[C@H](O)CN1CCC(Oc2ccc(Cl)c(Cl)c2)CC1)c1ccc(Cl)s1. The third-order valence-corrected chi connectivity index (χ3v) is 8.41. The Morgan fingerprint density at radius 3 is 2.52 bits per heavy atom. The summed E-state index contributed by atoms with van der Waals surface area (Å²) in [5, 5.41) is 11.2. The third-order valence-electron chi connectivity index (χ3n) is 4.52. The molecule has 1 fully saturated rings. The van der Waals surface area contributed by atoms with Crippen LogP contribution in [-0.2, 0) is 10.0 Å². The van der Waals surface area contributed by atoms with E-state index in [1.54, 1.807) is 18.2 Å². The van der Waals surface area contributed by atoms with Crippen molar-refractivity contribution in [2.75, 3.05) is 26.2 Å². The number of rotatable bonds is 8. The zero-order chi connectivity index (χ0) is 21.0. The number of piperidine rings is 1. The van der Waals surface area contributed by atoms with Gasteiger partial charge in [0.2, 0.25) is 10.0 Å². The molecule has 1 aliphatic rings. The van der Waals surface area contributed by atoms with E-state index in [0.717, 1.165) is 37.3 Å². The second-order valence-electron chi connectivity index (χ2n) is 6.76. The first-order valence-corrected chi connectivity index (χ1v) is 12.4. The molecule has 0 aliphatic carbocycles. The first-order valence-electron chi connectivity index (χ1n) is 9.00. The van der Waals surface area contributed by atoms with Crippen LogP contribution >= 0.6 is 46.1 Å². The molecule has 0 bridgehead atoms. The van der Waals surface area contributed by atoms with E-state index in [0.29, 0.717) is 26.7 Å². The van der Waals surface area contributed by atoms with Crippen molar-refractivity contribution in [3.05, 3.63) is 44.7 Å². The number of aliphatic hydroxyl groups excluding tert-OH is 1. The predicted molar refractivity (Wildman–Crippen MR) is 117 cm³/mol. The maximum absolute atomic E-state index is 12.2. The van der Waals surface area contributed by atoms with Crippen molar-refractivity contribution in [2.24, 2.45) is 0 Å². The maximum atomic E-state index is 12.2. The molecule has 0 radical (unpaired) electrons. The fourth-order valence-corrected chi connectivity index (χ4v) is 5.92. The second-order valence-corrected chi connectivity index (χ2v) is 11.3. The minimum Gasteiger partial charge on any atom is -0.490 e. The Balaban J connectivity index is 1.41. The molecule has 1 aromatic carbocycles. The smallest absolute Gasteiger partial charge is 0.250 e. The first kappa shape index (κ1) is 23.1. The normalized spacial score (nSPS) is 17.4. The van der Waals surface area contributed by atoms with Crippen molar-refractivity contribution >= 4 is 56.2 Å². The third kappa shape index (κ3) is 6.70. The fourth-order valence-electron chi connectivity index (χ4n) is 3.03. The predicted octanol–water partition coefficient (Wildman–Crippen LogP) is 3.89. The molecule has 0 amide bonds. The van der Waals surface area contributed by atoms with Crippen LogP contribution in [0.15, 0.2) is 34.5 Å². The van der Waals surface area contributed by atoms with Gasteiger partial charge < -0.3 is 14.7 Å². The molecule has 0 saturated carbocycles. The van der Waals surface area contributed by atoms with Crippen molar-refractivity contribution in [2.45, 2.75) is 29.3 Å². The van der Waals surface area contributed by atoms with E-state index < -0.39 is 16.1 Å². The molecule has 1 atom stereocenters. The summed E-state index contributed by atoms with van der Waals surface area (Å²) in [6.45, 7) is 1.82. The number of nitrogens with zero attached hydrogens (tertiary/aromatic N) is 1. The fraction of sp³-hybridized carbons (Fsp3) is 0.444. The molecule has 1 saturated heterocycles. The summed E-state index contributed by atoms with van der Waals surface area (Å²) in [7, 11) is -3.66. The lowest BCUT2D eigenvalue weighted by molar-refractivity contribution is 0.0630. The molecule has 0 unspecified atom stereocenters. The molecule has 2 heterocycles. The van der Waals surface area contributed by atoms with Crippen LogP contribution in [0.25, 0.3) is 0 Å². The van der Waals surface area contributed by atoms with Crippen molar-refractivity contribution < 1.29 is 18.3 Å². The molecule has 2 N–H and O–H groups in total. The van der Waals surface area contributed by atoms with E-state index in [9.17, 15) is 13.5 Å². The lowest BCUT2D eigenvalue weighted by Crippen LogP contribution is -2.44. The standard InChI is InChI=1S/C18H21Cl3N2O4S2/c19-15-2-1-14(9-16(15)20)27-13-5-7-23(8-6-13)11-12(24)10-22-29(25,26)18-4-3-17(21)28-18/h1-4,9,12-13,22,24H,5-8,10-11H2/t12-/m0/s1. The highest BCUT2D eigenvalue weighted by atomic mass is 35.5. The van der Waals surface area contributed by atoms with Gasteiger partial charge in [0.15, 0.2) is 0 Å². The summed E-state index contributed by atoms with van der Waals surface area (Å²) in [5.41, 5.74) is 0. The Morgan fingerprint density at radius 2 is 1.90 bits per heavy atom. The molecule has 6 nitrogen and oxygen atoms in total. The number of β-amino-alcohol motifs (C(OH)–C–C–N with tert-alkyl or cyclic N) is 1. The highest BCUT2D eigenvalue weighted by Crippen LogP contribution is 2.28. The van der Waals surface area contributed by atoms with Crippen LogP contribution in [0.3, 0.4) is 0 Å². The number of ether oxygens (including phenoxy) is 1. The average Bonchev–Trinajstić information content (AvgIpc) is 3.12. The molecule has 11 heteroatoms. The summed E-state index contributed by atoms with van der Waals surface area (Å²) in [4.78, 5) is 2.09. The summed E-state index contributed by atoms with van der Waals surface area (Å²) in [5.74, 6) is 0.681. The van der Waals surface area contributed by atoms with E-state index in [4.69, 9.17) is 39.5 Å². The van der Waals surface area contributed by atoms with Gasteiger partial charge in [-0.15, -0.1) is 11.3 Å². The monoisotopic (exact) mass is 498 g/mol. The number of sulfonamides is 1. The lowest BCUT2D eigenvalue weighted by Gasteiger charge is -2.33. The first-order chi connectivity index (χ1) is 13.7. The van der Waals surface area contributed by atoms with E-state index in [1.165, 1.54) is 12.1 Å². The van der Waals surface area contributed by atoms with Crippen molar-refractivity contribution in [1.82, 2.24) is 9.62 Å². The molecule has 1 aromatic heterocycles. The Hall–Kier alpha value is -0.580. The molecule has 2 aromatic rings. The van der Waals surface area contributed by atoms with Crippen LogP contribution in [0.4, 0.5) is 0 Å². The summed E-state index contributed by atoms with van der Waals surface area (Å²) in [6, 6.07) is 8.17. The number of halogens is 3. The maximum Gasteiger partial charge on any atom is 0.250 e. The summed E-state index contributed by atoms with van der Waals surface area (Å²) < 4.78 is 33.3. The van der Waals surface area contributed by atoms with Crippen LogP contribution < -0.4 is 9.46 Å². The molecule has 3 rings (SSSR count). The van der Waals surface area contributed by atoms with E-state index >= 15 is 0 Å². The van der Waals surface area contributed by atoms with Gasteiger partial charge in [0, 0.05) is 32.2 Å². The Kier molecular flexibility index (Phi) is 8.08. The minimum absolute atomic E-state index is 0.0580. The number of aliphatic hydroxyl groups is 1. The van der Waals surface area contributed by atoms with Crippen LogP contribution in [0.2, 0.25) is 14.4 Å². The van der Waals surface area contributed by atoms with Gasteiger partial charge in [0.1, 0.15) is 16.1 Å². The minimum atomic E-state index is -3.66. The van der Waals surface area contributed by atoms with Crippen LogP contribution in [0.5, 0.6) is 5.75 Å². The van der Waals surface area contributed by atoms with Gasteiger partial charge in [0.25, 0.3) is 0 Å². The molecule has 29 heavy (non-hydrogen) atoms.